The molecule has 10 nitrogen and oxygen atoms in total. The molecule has 20 heteroatoms. The van der Waals surface area contributed by atoms with Crippen molar-refractivity contribution in [3.05, 3.63) is 84.6 Å². The van der Waals surface area contributed by atoms with Crippen LogP contribution in [0.25, 0.3) is 52.0 Å². The Morgan fingerprint density at radius 3 is 1.29 bits per heavy atom. The molecule has 8 aromatic rings. The van der Waals surface area contributed by atoms with Crippen molar-refractivity contribution in [2.75, 3.05) is 0 Å². The highest BCUT2D eigenvalue weighted by molar-refractivity contribution is 9.11. The number of hydrogen-bond donors (Lipinski definition) is 0. The molecule has 0 amide bonds. The van der Waals surface area contributed by atoms with Gasteiger partial charge in [-0.05, 0) is 185 Å². The number of ether oxygens (including phenoxy) is 2. The van der Waals surface area contributed by atoms with Crippen LogP contribution in [0.2, 0.25) is 0 Å². The van der Waals surface area contributed by atoms with E-state index in [1.54, 1.807) is 0 Å². The molecule has 0 spiro atoms. The zero-order chi connectivity index (χ0) is 83.6. The van der Waals surface area contributed by atoms with Crippen molar-refractivity contribution >= 4 is 148 Å². The lowest BCUT2D eigenvalue weighted by molar-refractivity contribution is 0.00578. The van der Waals surface area contributed by atoms with Gasteiger partial charge in [0.1, 0.15) is 50.4 Å². The van der Waals surface area contributed by atoms with Crippen molar-refractivity contribution in [1.82, 2.24) is 17.5 Å². The first-order valence-electron chi connectivity index (χ1n) is 45.6. The highest BCUT2D eigenvalue weighted by Crippen LogP contribution is 2.60. The first-order valence-corrected chi connectivity index (χ1v) is 51.9. The molecule has 12 rings (SSSR count). The quantitative estimate of drug-likeness (QED) is 0.0208. The molecule has 0 radical (unpaired) electrons. The summed E-state index contributed by atoms with van der Waals surface area (Å²) in [6, 6.07) is 17.9. The predicted molar refractivity (Wildman–Crippen MR) is 514 cm³/mol. The monoisotopic (exact) mass is 1820 g/mol. The van der Waals surface area contributed by atoms with E-state index >= 15 is 0 Å². The molecule has 2 aromatic carbocycles. The largest absolute Gasteiger partial charge is 0.500 e. The van der Waals surface area contributed by atoms with Gasteiger partial charge in [-0.1, -0.05) is 286 Å². The minimum absolute atomic E-state index is 0.213. The number of hydrogen-bond acceptors (Lipinski definition) is 16. The summed E-state index contributed by atoms with van der Waals surface area (Å²) in [5.41, 5.74) is 8.14. The second kappa shape index (κ2) is 44.2. The van der Waals surface area contributed by atoms with Crippen molar-refractivity contribution in [1.29, 1.82) is 0 Å². The van der Waals surface area contributed by atoms with E-state index in [9.17, 15) is 0 Å². The van der Waals surface area contributed by atoms with Crippen molar-refractivity contribution in [2.24, 2.45) is 35.5 Å². The minimum atomic E-state index is -0.655. The first-order chi connectivity index (χ1) is 55.4. The van der Waals surface area contributed by atoms with E-state index < -0.39 is 36.6 Å². The molecule has 7 unspecified atom stereocenters. The number of benzene rings is 2. The Bertz CT molecular complexity index is 4200. The van der Waals surface area contributed by atoms with Gasteiger partial charge in [0.2, 0.25) is 5.60 Å². The predicted octanol–water partition coefficient (Wildman–Crippen LogP) is 32.0. The van der Waals surface area contributed by atoms with Gasteiger partial charge >= 0.3 is 14.2 Å². The van der Waals surface area contributed by atoms with E-state index in [0.717, 1.165) is 106 Å². The normalized spacial score (nSPS) is 20.1. The summed E-state index contributed by atoms with van der Waals surface area (Å²) in [5.74, 6) is 6.67. The van der Waals surface area contributed by atoms with Gasteiger partial charge in [0.25, 0.3) is 0 Å². The van der Waals surface area contributed by atoms with Gasteiger partial charge in [-0.15, -0.1) is 45.3 Å². The molecule has 0 aliphatic carbocycles. The Balaban J connectivity index is 0.000000191. The number of rotatable bonds is 45. The smallest absolute Gasteiger partial charge is 0.481 e. The Morgan fingerprint density at radius 2 is 0.810 bits per heavy atom. The SMILES string of the molecule is CCCCCCCCC(CCCCCC)CC1(CCC(C)CCCC(C)C)Oc2cc(-c3ccc(C)c4nsnc34)sc2-c2sc(C)cc21.CCCCCCCCC(CCCCCC)CC1(CCC(C)CCCC(C)C)Oc2cc(Br)sc2-c2sc(Br)cc21.[CH2+]C1(C)OB(c2ccc(B3OC(C)(C)C(C)(C)O3)c3nsnc23)OC1(C)C. The molecule has 0 N–H and O–H groups in total. The zero-order valence-corrected chi connectivity index (χ0v) is 82.9. The minimum Gasteiger partial charge on any atom is -0.481 e. The average Bonchev–Trinajstić information content (AvgIpc) is 1.56. The Hall–Kier alpha value is -2.72. The highest BCUT2D eigenvalue weighted by atomic mass is 79.9. The molecule has 0 bridgehead atoms. The van der Waals surface area contributed by atoms with E-state index in [0.29, 0.717) is 11.8 Å². The summed E-state index contributed by atoms with van der Waals surface area (Å²) in [5, 5.41) is 0. The third kappa shape index (κ3) is 24.9. The van der Waals surface area contributed by atoms with E-state index in [4.69, 9.17) is 32.5 Å². The lowest BCUT2D eigenvalue weighted by atomic mass is 9.72. The second-order valence-corrected chi connectivity index (χ2v) is 46.2. The fourth-order valence-corrected chi connectivity index (χ4v) is 24.7. The molecular weight excluding hydrogens is 1680 g/mol. The van der Waals surface area contributed by atoms with Crippen LogP contribution in [0, 0.1) is 56.3 Å². The maximum absolute atomic E-state index is 7.57. The fourth-order valence-electron chi connectivity index (χ4n) is 17.8. The lowest BCUT2D eigenvalue weighted by Crippen LogP contribution is -2.42. The van der Waals surface area contributed by atoms with E-state index in [-0.39, 0.29) is 11.2 Å². The van der Waals surface area contributed by atoms with Gasteiger partial charge in [-0.3, -0.25) is 0 Å². The molecule has 640 valence electrons. The Kier molecular flexibility index (Phi) is 36.4. The summed E-state index contributed by atoms with van der Waals surface area (Å²) < 4.78 is 60.3. The summed E-state index contributed by atoms with van der Waals surface area (Å²) in [6.07, 6.45) is 47.7. The summed E-state index contributed by atoms with van der Waals surface area (Å²) in [4.78, 5) is 8.19. The zero-order valence-electron chi connectivity index (χ0n) is 74.8. The molecule has 4 aliphatic rings. The maximum atomic E-state index is 7.57. The molecule has 2 saturated heterocycles. The van der Waals surface area contributed by atoms with Crippen LogP contribution in [-0.2, 0) is 29.8 Å². The van der Waals surface area contributed by atoms with Crippen LogP contribution in [0.3, 0.4) is 0 Å². The molecule has 0 saturated carbocycles. The lowest BCUT2D eigenvalue weighted by Gasteiger charge is -2.41. The van der Waals surface area contributed by atoms with E-state index in [1.165, 1.54) is 276 Å². The van der Waals surface area contributed by atoms with Gasteiger partial charge in [0.05, 0.1) is 68.7 Å². The number of unbranched alkanes of at least 4 members (excludes halogenated alkanes) is 16. The van der Waals surface area contributed by atoms with Crippen molar-refractivity contribution < 1.29 is 28.1 Å². The average molecular weight is 1830 g/mol. The van der Waals surface area contributed by atoms with Crippen LogP contribution < -0.4 is 20.4 Å². The second-order valence-electron chi connectivity index (χ2n) is 38.0. The molecular formula is C96H145B2Br2N4O6S6+. The number of nitrogens with zero attached hydrogens (tertiary/aromatic N) is 4. The number of thiophene rings is 4. The number of halogens is 2. The third-order valence-corrected chi connectivity index (χ3v) is 33.1. The third-order valence-electron chi connectivity index (χ3n) is 26.2. The molecule has 6 aromatic heterocycles. The first kappa shape index (κ1) is 95.5. The molecule has 116 heavy (non-hydrogen) atoms. The number of fused-ring (bicyclic) bond motifs is 8. The molecule has 7 atom stereocenters. The number of aryl methyl sites for hydroxylation is 2. The van der Waals surface area contributed by atoms with Crippen LogP contribution in [0.4, 0.5) is 0 Å². The van der Waals surface area contributed by atoms with Gasteiger partial charge in [0, 0.05) is 50.4 Å². The van der Waals surface area contributed by atoms with Gasteiger partial charge in [0.15, 0.2) is 0 Å². The topological polar surface area (TPSA) is 107 Å². The van der Waals surface area contributed by atoms with Crippen molar-refractivity contribution in [3.63, 3.8) is 0 Å². The molecule has 4 aliphatic heterocycles. The summed E-state index contributed by atoms with van der Waals surface area (Å²) >= 11 is 17.8. The summed E-state index contributed by atoms with van der Waals surface area (Å²) in [6.45, 7) is 46.3. The van der Waals surface area contributed by atoms with E-state index in [2.05, 4.69) is 171 Å². The van der Waals surface area contributed by atoms with E-state index in [1.807, 2.05) is 106 Å². The molecule has 10 heterocycles. The van der Waals surface area contributed by atoms with Crippen LogP contribution >= 0.6 is 101 Å². The van der Waals surface area contributed by atoms with Crippen LogP contribution in [-0.4, -0.2) is 54.1 Å². The maximum Gasteiger partial charge on any atom is 0.500 e. The van der Waals surface area contributed by atoms with Gasteiger partial charge in [-0.25, -0.2) is 0 Å². The van der Waals surface area contributed by atoms with Crippen LogP contribution in [0.1, 0.15) is 370 Å². The van der Waals surface area contributed by atoms with Crippen molar-refractivity contribution in [2.45, 2.75) is 396 Å². The highest BCUT2D eigenvalue weighted by Gasteiger charge is 2.59. The van der Waals surface area contributed by atoms with Crippen molar-refractivity contribution in [3.8, 4) is 41.4 Å². The van der Waals surface area contributed by atoms with Crippen LogP contribution in [0.15, 0.2) is 56.1 Å². The Morgan fingerprint density at radius 1 is 0.405 bits per heavy atom. The standard InChI is InChI=1S/C43H64N2OS3.C35H56Br2OS2.C18H25B2N2O4S/c1-8-10-12-14-15-17-22-34(21-16-13-11-9-2)29-43(26-25-31(5)20-18-19-30(3)4)36-27-33(7)47-41(36)42-37(46-43)28-38(48-42)35-24-23-32(6)39-40(35)45-49-44-39;1-6-8-10-12-13-15-20-28(19-14-11-9-7-2)25-35(22-21-27(5)18-16-17-26(3)4)29-23-31(36)39-33(29)34-30(38-35)24-32(37)40-34;1-15(2)16(3,4)24-19(23-15)11-9-10-12(14-13(11)21-27-22-14)20-25-17(5,6)18(7,8)26-20/h23-24,27-28,30-31,34H,8-22,25-26,29H2,1-7H3;23-24,26-28H,6-22,25H2,1-5H3;9-10H,1H2,2-8H3/q;;+1. The summed E-state index contributed by atoms with van der Waals surface area (Å²) in [7, 11) is -1.03. The molecule has 2 fully saturated rings. The van der Waals surface area contributed by atoms with Gasteiger partial charge < -0.3 is 28.1 Å². The number of aromatic nitrogens is 4. The fraction of sp³-hybridized carbons (Fsp3) is 0.698. The Labute approximate surface area is 744 Å². The van der Waals surface area contributed by atoms with Gasteiger partial charge in [-0.2, -0.15) is 17.5 Å². The van der Waals surface area contributed by atoms with Crippen LogP contribution in [0.5, 0.6) is 11.5 Å².